The lowest BCUT2D eigenvalue weighted by Crippen LogP contribution is -2.17. The number of carbonyl (C=O) groups excluding carboxylic acids is 1. The number of nitrogens with zero attached hydrogens (tertiary/aromatic N) is 4. The van der Waals surface area contributed by atoms with E-state index in [0.717, 1.165) is 59.9 Å². The van der Waals surface area contributed by atoms with Gasteiger partial charge in [-0.1, -0.05) is 19.4 Å². The van der Waals surface area contributed by atoms with Crippen molar-refractivity contribution in [1.82, 2.24) is 19.3 Å². The summed E-state index contributed by atoms with van der Waals surface area (Å²) in [6, 6.07) is 5.84. The lowest BCUT2D eigenvalue weighted by atomic mass is 10.1. The third kappa shape index (κ3) is 3.02. The number of hydrogen-bond acceptors (Lipinski definition) is 5. The lowest BCUT2D eigenvalue weighted by Gasteiger charge is -2.07. The highest BCUT2D eigenvalue weighted by Crippen LogP contribution is 2.40. The molecule has 0 spiro atoms. The Hall–Kier alpha value is -2.10. The number of amides is 1. The third-order valence-electron chi connectivity index (χ3n) is 5.32. The van der Waals surface area contributed by atoms with E-state index in [1.54, 1.807) is 11.1 Å². The molecule has 5 rings (SSSR count). The van der Waals surface area contributed by atoms with Gasteiger partial charge in [0.2, 0.25) is 0 Å². The maximum absolute atomic E-state index is 12.8. The summed E-state index contributed by atoms with van der Waals surface area (Å²) in [5, 5.41) is 0. The molecule has 4 heterocycles. The number of rotatable bonds is 5. The number of imidazole rings is 1. The lowest BCUT2D eigenvalue weighted by molar-refractivity contribution is 0.0816. The molecule has 154 valence electrons. The quantitative estimate of drug-likeness (QED) is 0.390. The van der Waals surface area contributed by atoms with Crippen LogP contribution in [-0.2, 0) is 17.3 Å². The van der Waals surface area contributed by atoms with E-state index in [-0.39, 0.29) is 5.91 Å². The second kappa shape index (κ2) is 7.55. The van der Waals surface area contributed by atoms with Gasteiger partial charge in [-0.3, -0.25) is 13.4 Å². The second-order valence-corrected chi connectivity index (χ2v) is 11.0. The monoisotopic (exact) mass is 502 g/mol. The van der Waals surface area contributed by atoms with Crippen LogP contribution in [0.1, 0.15) is 35.7 Å². The molecule has 0 fully saturated rings. The van der Waals surface area contributed by atoms with E-state index in [1.807, 2.05) is 35.8 Å². The largest absolute Gasteiger partial charge is 0.337 e. The molecule has 1 atom stereocenters. The van der Waals surface area contributed by atoms with Gasteiger partial charge in [0.15, 0.2) is 5.65 Å². The van der Waals surface area contributed by atoms with Crippen molar-refractivity contribution >= 4 is 59.8 Å². The smallest absolute Gasteiger partial charge is 0.254 e. The Morgan fingerprint density at radius 2 is 2.17 bits per heavy atom. The van der Waals surface area contributed by atoms with E-state index < -0.39 is 10.8 Å². The SMILES string of the molecule is CCCCS(=O)c1sc2c(nc(-c3ccc4c(c3)CN(C)C4=O)n3ccnc23)c1Br. The van der Waals surface area contributed by atoms with Gasteiger partial charge < -0.3 is 4.90 Å². The topological polar surface area (TPSA) is 67.6 Å². The van der Waals surface area contributed by atoms with Crippen LogP contribution in [-0.4, -0.2) is 42.2 Å². The molecule has 0 aliphatic carbocycles. The summed E-state index contributed by atoms with van der Waals surface area (Å²) in [6.45, 7) is 2.70. The normalized spacial score (nSPS) is 14.8. The zero-order valence-electron chi connectivity index (χ0n) is 16.5. The first-order valence-electron chi connectivity index (χ1n) is 9.71. The van der Waals surface area contributed by atoms with Crippen LogP contribution in [0.2, 0.25) is 0 Å². The standard InChI is InChI=1S/C21H19BrN4O2S2/c1-3-4-9-30(28)21-15(22)16-17(29-21)19-23-7-8-26(19)18(24-16)12-5-6-14-13(10-12)11-25(2)20(14)27/h5-8,10H,3-4,9,11H2,1-2H3. The van der Waals surface area contributed by atoms with Crippen molar-refractivity contribution in [3.8, 4) is 11.4 Å². The highest BCUT2D eigenvalue weighted by atomic mass is 79.9. The number of carbonyl (C=O) groups is 1. The molecule has 6 nitrogen and oxygen atoms in total. The average Bonchev–Trinajstić information content (AvgIpc) is 3.42. The Bertz CT molecular complexity index is 1340. The second-order valence-electron chi connectivity index (χ2n) is 7.37. The molecular weight excluding hydrogens is 484 g/mol. The van der Waals surface area contributed by atoms with E-state index >= 15 is 0 Å². The molecule has 1 aliphatic rings. The number of benzene rings is 1. The molecule has 3 aromatic heterocycles. The Morgan fingerprint density at radius 1 is 1.33 bits per heavy atom. The van der Waals surface area contributed by atoms with Gasteiger partial charge in [0.1, 0.15) is 15.6 Å². The molecule has 0 N–H and O–H groups in total. The number of hydrogen-bond donors (Lipinski definition) is 0. The Kier molecular flexibility index (Phi) is 4.99. The van der Waals surface area contributed by atoms with Gasteiger partial charge in [-0.05, 0) is 40.0 Å². The number of fused-ring (bicyclic) bond motifs is 4. The van der Waals surface area contributed by atoms with Gasteiger partial charge >= 0.3 is 0 Å². The molecule has 1 aliphatic heterocycles. The predicted molar refractivity (Wildman–Crippen MR) is 123 cm³/mol. The first-order valence-corrected chi connectivity index (χ1v) is 12.6. The van der Waals surface area contributed by atoms with Crippen LogP contribution in [0.15, 0.2) is 39.3 Å². The molecule has 9 heteroatoms. The number of unbranched alkanes of at least 4 members (excludes halogenated alkanes) is 1. The van der Waals surface area contributed by atoms with Crippen molar-refractivity contribution in [3.63, 3.8) is 0 Å². The minimum Gasteiger partial charge on any atom is -0.337 e. The van der Waals surface area contributed by atoms with Crippen LogP contribution in [0.5, 0.6) is 0 Å². The Morgan fingerprint density at radius 3 is 2.97 bits per heavy atom. The molecule has 0 bridgehead atoms. The van der Waals surface area contributed by atoms with Crippen molar-refractivity contribution in [2.45, 2.75) is 30.5 Å². The minimum absolute atomic E-state index is 0.0486. The molecule has 1 amide bonds. The highest BCUT2D eigenvalue weighted by Gasteiger charge is 2.26. The van der Waals surface area contributed by atoms with Gasteiger partial charge in [0, 0.05) is 42.9 Å². The van der Waals surface area contributed by atoms with E-state index in [4.69, 9.17) is 4.98 Å². The molecule has 0 saturated heterocycles. The van der Waals surface area contributed by atoms with Gasteiger partial charge in [0.25, 0.3) is 5.91 Å². The molecule has 1 aromatic carbocycles. The molecule has 4 aromatic rings. The van der Waals surface area contributed by atoms with Crippen LogP contribution in [0.4, 0.5) is 0 Å². The van der Waals surface area contributed by atoms with Gasteiger partial charge in [0.05, 0.1) is 20.0 Å². The molecule has 1 unspecified atom stereocenters. The van der Waals surface area contributed by atoms with Crippen LogP contribution in [0.25, 0.3) is 27.3 Å². The first-order chi connectivity index (χ1) is 14.5. The van der Waals surface area contributed by atoms with E-state index in [1.165, 1.54) is 11.3 Å². The fraction of sp³-hybridized carbons (Fsp3) is 0.286. The van der Waals surface area contributed by atoms with Gasteiger partial charge in [-0.25, -0.2) is 9.97 Å². The summed E-state index contributed by atoms with van der Waals surface area (Å²) in [5.74, 6) is 1.45. The summed E-state index contributed by atoms with van der Waals surface area (Å²) < 4.78 is 17.3. The summed E-state index contributed by atoms with van der Waals surface area (Å²) in [6.07, 6.45) is 5.58. The Balaban J connectivity index is 1.69. The van der Waals surface area contributed by atoms with E-state index in [0.29, 0.717) is 12.3 Å². The fourth-order valence-corrected chi connectivity index (χ4v) is 7.72. The summed E-state index contributed by atoms with van der Waals surface area (Å²) >= 11 is 5.15. The number of thiophene rings is 1. The van der Waals surface area contributed by atoms with Crippen LogP contribution < -0.4 is 0 Å². The molecule has 0 radical (unpaired) electrons. The maximum Gasteiger partial charge on any atom is 0.254 e. The van der Waals surface area contributed by atoms with E-state index in [9.17, 15) is 9.00 Å². The van der Waals surface area contributed by atoms with Crippen LogP contribution in [0, 0.1) is 0 Å². The van der Waals surface area contributed by atoms with Crippen LogP contribution >= 0.6 is 27.3 Å². The average molecular weight is 503 g/mol. The highest BCUT2D eigenvalue weighted by molar-refractivity contribution is 9.10. The number of aromatic nitrogens is 3. The third-order valence-corrected chi connectivity index (χ3v) is 9.68. The van der Waals surface area contributed by atoms with Crippen molar-refractivity contribution < 1.29 is 9.00 Å². The fourth-order valence-electron chi connectivity index (χ4n) is 3.76. The van der Waals surface area contributed by atoms with E-state index in [2.05, 4.69) is 27.8 Å². The Labute approximate surface area is 188 Å². The van der Waals surface area contributed by atoms with Crippen molar-refractivity contribution in [2.24, 2.45) is 0 Å². The molecule has 0 saturated carbocycles. The van der Waals surface area contributed by atoms with Gasteiger partial charge in [-0.15, -0.1) is 11.3 Å². The van der Waals surface area contributed by atoms with Crippen molar-refractivity contribution in [2.75, 3.05) is 12.8 Å². The predicted octanol–water partition coefficient (Wildman–Crippen LogP) is 4.87. The number of halogens is 1. The summed E-state index contributed by atoms with van der Waals surface area (Å²) in [4.78, 5) is 23.5. The summed E-state index contributed by atoms with van der Waals surface area (Å²) in [5.41, 5.74) is 4.25. The van der Waals surface area contributed by atoms with Crippen molar-refractivity contribution in [3.05, 3.63) is 46.2 Å². The first kappa shape index (κ1) is 19.8. The minimum atomic E-state index is -1.07. The van der Waals surface area contributed by atoms with Crippen LogP contribution in [0.3, 0.4) is 0 Å². The zero-order valence-corrected chi connectivity index (χ0v) is 19.7. The van der Waals surface area contributed by atoms with Gasteiger partial charge in [-0.2, -0.15) is 0 Å². The maximum atomic E-state index is 12.8. The summed E-state index contributed by atoms with van der Waals surface area (Å²) in [7, 11) is 0.743. The molecule has 30 heavy (non-hydrogen) atoms. The molecular formula is C21H19BrN4O2S2. The zero-order chi connectivity index (χ0) is 21.0. The van der Waals surface area contributed by atoms with Crippen molar-refractivity contribution in [1.29, 1.82) is 0 Å².